The molecule has 0 bridgehead atoms. The van der Waals surface area contributed by atoms with E-state index >= 15 is 0 Å². The molecule has 1 heterocycles. The average molecular weight is 252 g/mol. The van der Waals surface area contributed by atoms with Crippen LogP contribution in [0.2, 0.25) is 0 Å². The number of nitrogens with one attached hydrogen (secondary N) is 1. The van der Waals surface area contributed by atoms with E-state index in [1.807, 2.05) is 0 Å². The second-order valence-corrected chi connectivity index (χ2v) is 6.37. The molecule has 0 aromatic heterocycles. The minimum Gasteiger partial charge on any atom is -0.312 e. The molecule has 1 aliphatic heterocycles. The molecule has 2 rings (SSSR count). The van der Waals surface area contributed by atoms with Crippen molar-refractivity contribution in [3.05, 3.63) is 0 Å². The summed E-state index contributed by atoms with van der Waals surface area (Å²) in [6.45, 7) is 8.60. The molecule has 106 valence electrons. The Bertz CT molecular complexity index is 225. The minimum atomic E-state index is 0.797. The highest BCUT2D eigenvalue weighted by Crippen LogP contribution is 2.23. The molecule has 1 saturated heterocycles. The Morgan fingerprint density at radius 3 is 2.61 bits per heavy atom. The maximum Gasteiger partial charge on any atom is 0.0220 e. The highest BCUT2D eigenvalue weighted by molar-refractivity contribution is 4.85. The van der Waals surface area contributed by atoms with Gasteiger partial charge in [-0.25, -0.2) is 0 Å². The Labute approximate surface area is 114 Å². The fraction of sp³-hybridized carbons (Fsp3) is 1.00. The van der Waals surface area contributed by atoms with Gasteiger partial charge in [0, 0.05) is 18.6 Å². The zero-order valence-electron chi connectivity index (χ0n) is 12.5. The van der Waals surface area contributed by atoms with Crippen molar-refractivity contribution in [2.45, 2.75) is 77.3 Å². The minimum absolute atomic E-state index is 0.797. The van der Waals surface area contributed by atoms with Crippen LogP contribution in [-0.2, 0) is 0 Å². The van der Waals surface area contributed by atoms with Crippen molar-refractivity contribution in [1.82, 2.24) is 10.2 Å². The van der Waals surface area contributed by atoms with Crippen LogP contribution in [0.25, 0.3) is 0 Å². The highest BCUT2D eigenvalue weighted by atomic mass is 15.2. The molecular formula is C16H32N2. The van der Waals surface area contributed by atoms with E-state index in [0.717, 1.165) is 18.0 Å². The smallest absolute Gasteiger partial charge is 0.0220 e. The maximum atomic E-state index is 3.74. The number of hydrogen-bond donors (Lipinski definition) is 1. The molecule has 18 heavy (non-hydrogen) atoms. The fourth-order valence-corrected chi connectivity index (χ4v) is 3.30. The van der Waals surface area contributed by atoms with Crippen LogP contribution in [0.5, 0.6) is 0 Å². The third-order valence-electron chi connectivity index (χ3n) is 4.82. The Hall–Kier alpha value is -0.0800. The van der Waals surface area contributed by atoms with Crippen LogP contribution in [0, 0.1) is 5.92 Å². The Morgan fingerprint density at radius 1 is 1.11 bits per heavy atom. The summed E-state index contributed by atoms with van der Waals surface area (Å²) < 4.78 is 0. The molecule has 1 saturated carbocycles. The first-order valence-electron chi connectivity index (χ1n) is 8.30. The maximum absolute atomic E-state index is 3.74. The zero-order chi connectivity index (χ0) is 12.8. The predicted molar refractivity (Wildman–Crippen MR) is 78.9 cm³/mol. The summed E-state index contributed by atoms with van der Waals surface area (Å²) in [5.41, 5.74) is 0. The van der Waals surface area contributed by atoms with Crippen LogP contribution in [0.15, 0.2) is 0 Å². The first kappa shape index (κ1) is 14.3. The average Bonchev–Trinajstić information content (AvgIpc) is 3.20. The van der Waals surface area contributed by atoms with Gasteiger partial charge >= 0.3 is 0 Å². The lowest BCUT2D eigenvalue weighted by atomic mass is 9.98. The van der Waals surface area contributed by atoms with Crippen molar-refractivity contribution in [1.29, 1.82) is 0 Å². The van der Waals surface area contributed by atoms with Crippen LogP contribution in [0.4, 0.5) is 0 Å². The molecule has 0 radical (unpaired) electrons. The lowest BCUT2D eigenvalue weighted by Crippen LogP contribution is -2.43. The summed E-state index contributed by atoms with van der Waals surface area (Å²) in [6.07, 6.45) is 11.2. The monoisotopic (exact) mass is 252 g/mol. The molecule has 0 aromatic carbocycles. The Morgan fingerprint density at radius 2 is 1.94 bits per heavy atom. The standard InChI is InChI=1S/C16H32N2/c1-3-6-16(13-17-15-8-9-15)18-11-5-7-14(4-2)10-12-18/h14-17H,3-13H2,1-2H3. The van der Waals surface area contributed by atoms with Crippen molar-refractivity contribution in [3.63, 3.8) is 0 Å². The summed E-state index contributed by atoms with van der Waals surface area (Å²) in [7, 11) is 0. The van der Waals surface area contributed by atoms with Crippen molar-refractivity contribution >= 4 is 0 Å². The van der Waals surface area contributed by atoms with Gasteiger partial charge in [-0.15, -0.1) is 0 Å². The van der Waals surface area contributed by atoms with E-state index in [2.05, 4.69) is 24.1 Å². The SMILES string of the molecule is CCCC(CNC1CC1)N1CCCC(CC)CC1. The molecule has 2 unspecified atom stereocenters. The molecule has 2 nitrogen and oxygen atoms in total. The van der Waals surface area contributed by atoms with E-state index in [9.17, 15) is 0 Å². The van der Waals surface area contributed by atoms with Gasteiger partial charge in [-0.05, 0) is 57.5 Å². The van der Waals surface area contributed by atoms with Gasteiger partial charge in [-0.2, -0.15) is 0 Å². The Kier molecular flexibility index (Phi) is 5.97. The molecule has 2 fully saturated rings. The molecule has 0 spiro atoms. The topological polar surface area (TPSA) is 15.3 Å². The van der Waals surface area contributed by atoms with Crippen LogP contribution >= 0.6 is 0 Å². The second kappa shape index (κ2) is 7.49. The molecule has 1 aliphatic carbocycles. The largest absolute Gasteiger partial charge is 0.312 e. The highest BCUT2D eigenvalue weighted by Gasteiger charge is 2.25. The van der Waals surface area contributed by atoms with Crippen molar-refractivity contribution < 1.29 is 0 Å². The van der Waals surface area contributed by atoms with Gasteiger partial charge in [0.2, 0.25) is 0 Å². The number of hydrogen-bond acceptors (Lipinski definition) is 2. The fourth-order valence-electron chi connectivity index (χ4n) is 3.30. The third kappa shape index (κ3) is 4.55. The predicted octanol–water partition coefficient (Wildman–Crippen LogP) is 3.42. The van der Waals surface area contributed by atoms with Gasteiger partial charge in [0.1, 0.15) is 0 Å². The molecule has 0 amide bonds. The molecule has 0 aromatic rings. The summed E-state index contributed by atoms with van der Waals surface area (Å²) in [4.78, 5) is 2.79. The number of likely N-dealkylation sites (tertiary alicyclic amines) is 1. The van der Waals surface area contributed by atoms with E-state index in [1.54, 1.807) is 0 Å². The quantitative estimate of drug-likeness (QED) is 0.747. The summed E-state index contributed by atoms with van der Waals surface area (Å²) in [6, 6.07) is 1.66. The van der Waals surface area contributed by atoms with Gasteiger partial charge in [0.15, 0.2) is 0 Å². The molecule has 1 N–H and O–H groups in total. The Balaban J connectivity index is 1.79. The first-order valence-corrected chi connectivity index (χ1v) is 8.30. The lowest BCUT2D eigenvalue weighted by Gasteiger charge is -2.31. The van der Waals surface area contributed by atoms with Crippen LogP contribution in [0.3, 0.4) is 0 Å². The lowest BCUT2D eigenvalue weighted by molar-refractivity contribution is 0.185. The first-order chi connectivity index (χ1) is 8.83. The van der Waals surface area contributed by atoms with Gasteiger partial charge in [-0.3, -0.25) is 4.90 Å². The summed E-state index contributed by atoms with van der Waals surface area (Å²) in [5.74, 6) is 0.994. The van der Waals surface area contributed by atoms with Crippen LogP contribution in [-0.4, -0.2) is 36.6 Å². The van der Waals surface area contributed by atoms with E-state index in [0.29, 0.717) is 0 Å². The van der Waals surface area contributed by atoms with E-state index in [1.165, 1.54) is 71.0 Å². The second-order valence-electron chi connectivity index (χ2n) is 6.37. The molecule has 2 atom stereocenters. The van der Waals surface area contributed by atoms with Crippen molar-refractivity contribution in [2.75, 3.05) is 19.6 Å². The number of rotatable bonds is 7. The van der Waals surface area contributed by atoms with Gasteiger partial charge < -0.3 is 5.32 Å². The molecule has 2 aliphatic rings. The van der Waals surface area contributed by atoms with Crippen LogP contribution in [0.1, 0.15) is 65.2 Å². The van der Waals surface area contributed by atoms with E-state index in [4.69, 9.17) is 0 Å². The molecular weight excluding hydrogens is 220 g/mol. The zero-order valence-corrected chi connectivity index (χ0v) is 12.5. The van der Waals surface area contributed by atoms with E-state index in [-0.39, 0.29) is 0 Å². The van der Waals surface area contributed by atoms with Crippen molar-refractivity contribution in [2.24, 2.45) is 5.92 Å². The normalized spacial score (nSPS) is 28.0. The van der Waals surface area contributed by atoms with Gasteiger partial charge in [-0.1, -0.05) is 26.7 Å². The molecule has 2 heteroatoms. The third-order valence-corrected chi connectivity index (χ3v) is 4.82. The van der Waals surface area contributed by atoms with Gasteiger partial charge in [0.25, 0.3) is 0 Å². The van der Waals surface area contributed by atoms with Gasteiger partial charge in [0.05, 0.1) is 0 Å². The van der Waals surface area contributed by atoms with Crippen LogP contribution < -0.4 is 5.32 Å². The van der Waals surface area contributed by atoms with E-state index < -0.39 is 0 Å². The number of nitrogens with zero attached hydrogens (tertiary/aromatic N) is 1. The summed E-state index contributed by atoms with van der Waals surface area (Å²) in [5, 5.41) is 3.74. The summed E-state index contributed by atoms with van der Waals surface area (Å²) >= 11 is 0. The van der Waals surface area contributed by atoms with Crippen molar-refractivity contribution in [3.8, 4) is 0 Å².